The van der Waals surface area contributed by atoms with Gasteiger partial charge in [-0.05, 0) is 19.1 Å². The zero-order valence-electron chi connectivity index (χ0n) is 10.8. The van der Waals surface area contributed by atoms with Gasteiger partial charge in [0.25, 0.3) is 0 Å². The minimum absolute atomic E-state index is 0.103. The van der Waals surface area contributed by atoms with Gasteiger partial charge in [0.15, 0.2) is 5.71 Å². The molecule has 19 heavy (non-hydrogen) atoms. The zero-order valence-corrected chi connectivity index (χ0v) is 11.6. The van der Waals surface area contributed by atoms with Gasteiger partial charge in [0.05, 0.1) is 12.8 Å². The minimum Gasteiger partial charge on any atom is -0.464 e. The number of nitrogens with one attached hydrogen (secondary N) is 1. The maximum Gasteiger partial charge on any atom is 0.357 e. The van der Waals surface area contributed by atoms with E-state index in [-0.39, 0.29) is 12.1 Å². The number of carbonyl (C=O) groups excluding carboxylic acids is 1. The van der Waals surface area contributed by atoms with E-state index in [1.165, 1.54) is 7.11 Å². The Hall–Kier alpha value is -1.53. The number of methoxy groups -OCH3 is 1. The lowest BCUT2D eigenvalue weighted by Crippen LogP contribution is -2.58. The highest BCUT2D eigenvalue weighted by atomic mass is 32.2. The Balaban J connectivity index is 2.03. The van der Waals surface area contributed by atoms with Gasteiger partial charge in [0.1, 0.15) is 11.0 Å². The summed E-state index contributed by atoms with van der Waals surface area (Å²) in [5, 5.41) is 9.80. The van der Waals surface area contributed by atoms with Gasteiger partial charge < -0.3 is 4.74 Å². The Morgan fingerprint density at radius 3 is 2.95 bits per heavy atom. The Morgan fingerprint density at radius 1 is 1.53 bits per heavy atom. The summed E-state index contributed by atoms with van der Waals surface area (Å²) < 4.78 is 4.84. The van der Waals surface area contributed by atoms with Crippen LogP contribution in [0.1, 0.15) is 6.92 Å². The smallest absolute Gasteiger partial charge is 0.357 e. The average molecular weight is 277 g/mol. The van der Waals surface area contributed by atoms with Gasteiger partial charge in [-0.25, -0.2) is 9.80 Å². The summed E-state index contributed by atoms with van der Waals surface area (Å²) in [6.07, 6.45) is 0.103. The van der Waals surface area contributed by atoms with Crippen molar-refractivity contribution >= 4 is 29.1 Å². The van der Waals surface area contributed by atoms with Crippen molar-refractivity contribution < 1.29 is 9.53 Å². The van der Waals surface area contributed by atoms with Crippen molar-refractivity contribution in [2.75, 3.05) is 17.9 Å². The van der Waals surface area contributed by atoms with Crippen molar-refractivity contribution in [3.05, 3.63) is 30.3 Å². The van der Waals surface area contributed by atoms with Crippen LogP contribution in [0, 0.1) is 0 Å². The van der Waals surface area contributed by atoms with Gasteiger partial charge in [0.2, 0.25) is 0 Å². The number of fused-ring (bicyclic) bond motifs is 2. The highest BCUT2D eigenvalue weighted by Gasteiger charge is 2.49. The quantitative estimate of drug-likeness (QED) is 0.828. The fourth-order valence-electron chi connectivity index (χ4n) is 2.34. The van der Waals surface area contributed by atoms with Gasteiger partial charge in [0, 0.05) is 5.75 Å². The van der Waals surface area contributed by atoms with E-state index in [0.29, 0.717) is 5.71 Å². The van der Waals surface area contributed by atoms with Crippen LogP contribution in [-0.4, -0.2) is 35.6 Å². The van der Waals surface area contributed by atoms with Gasteiger partial charge in [-0.3, -0.25) is 5.32 Å². The van der Waals surface area contributed by atoms with Crippen LogP contribution in [0.2, 0.25) is 0 Å². The third-order valence-electron chi connectivity index (χ3n) is 3.33. The molecular weight excluding hydrogens is 262 g/mol. The van der Waals surface area contributed by atoms with Gasteiger partial charge in [-0.1, -0.05) is 18.2 Å². The molecule has 2 atom stereocenters. The van der Waals surface area contributed by atoms with Crippen molar-refractivity contribution in [2.24, 2.45) is 5.10 Å². The van der Waals surface area contributed by atoms with Crippen molar-refractivity contribution in [1.82, 2.24) is 5.32 Å². The second-order valence-corrected chi connectivity index (χ2v) is 6.06. The molecule has 2 aliphatic rings. The summed E-state index contributed by atoms with van der Waals surface area (Å²) >= 11 is 1.68. The molecule has 2 heterocycles. The molecule has 100 valence electrons. The largest absolute Gasteiger partial charge is 0.464 e. The lowest BCUT2D eigenvalue weighted by Gasteiger charge is -2.35. The second-order valence-electron chi connectivity index (χ2n) is 4.62. The number of carbonyl (C=O) groups is 1. The van der Waals surface area contributed by atoms with Crippen LogP contribution in [0.3, 0.4) is 0 Å². The Kier molecular flexibility index (Phi) is 2.99. The lowest BCUT2D eigenvalue weighted by atomic mass is 10.1. The molecule has 0 aromatic heterocycles. The number of hydrogen-bond donors (Lipinski definition) is 1. The number of rotatable bonds is 2. The van der Waals surface area contributed by atoms with Crippen LogP contribution in [-0.2, 0) is 9.53 Å². The first-order valence-corrected chi connectivity index (χ1v) is 7.06. The molecule has 5 nitrogen and oxygen atoms in total. The van der Waals surface area contributed by atoms with E-state index in [1.807, 2.05) is 42.3 Å². The molecule has 2 unspecified atom stereocenters. The van der Waals surface area contributed by atoms with E-state index >= 15 is 0 Å². The third kappa shape index (κ3) is 2.01. The van der Waals surface area contributed by atoms with Crippen molar-refractivity contribution in [3.63, 3.8) is 0 Å². The molecule has 1 saturated heterocycles. The summed E-state index contributed by atoms with van der Waals surface area (Å²) in [6, 6.07) is 9.83. The summed E-state index contributed by atoms with van der Waals surface area (Å²) in [6.45, 7) is 1.97. The van der Waals surface area contributed by atoms with Crippen LogP contribution < -0.4 is 10.3 Å². The maximum absolute atomic E-state index is 11.9. The number of esters is 1. The second kappa shape index (κ2) is 4.54. The van der Waals surface area contributed by atoms with Gasteiger partial charge in [-0.2, -0.15) is 5.10 Å². The van der Waals surface area contributed by atoms with E-state index in [4.69, 9.17) is 4.74 Å². The monoisotopic (exact) mass is 277 g/mol. The fourth-order valence-corrected chi connectivity index (χ4v) is 3.53. The summed E-state index contributed by atoms with van der Waals surface area (Å²) in [5.74, 6) is 0.485. The number of para-hydroxylation sites is 1. The van der Waals surface area contributed by atoms with E-state index in [2.05, 4.69) is 10.4 Å². The molecule has 0 spiro atoms. The maximum atomic E-state index is 11.9. The molecule has 1 aromatic rings. The molecule has 3 rings (SSSR count). The number of nitrogens with zero attached hydrogens (tertiary/aromatic N) is 2. The molecule has 2 aliphatic heterocycles. The molecule has 0 amide bonds. The van der Waals surface area contributed by atoms with Crippen molar-refractivity contribution in [1.29, 1.82) is 0 Å². The van der Waals surface area contributed by atoms with E-state index in [9.17, 15) is 4.79 Å². The van der Waals surface area contributed by atoms with Crippen LogP contribution >= 0.6 is 11.8 Å². The van der Waals surface area contributed by atoms with Crippen molar-refractivity contribution in [3.8, 4) is 0 Å². The minimum atomic E-state index is -0.455. The predicted molar refractivity (Wildman–Crippen MR) is 76.2 cm³/mol. The SMILES string of the molecule is COC(=O)C1=NN(c2ccccc2)C2CSC1(C)N2. The number of hydrogen-bond acceptors (Lipinski definition) is 6. The Labute approximate surface area is 116 Å². The Bertz CT molecular complexity index is 534. The predicted octanol–water partition coefficient (Wildman–Crippen LogP) is 1.41. The molecule has 0 aliphatic carbocycles. The Morgan fingerprint density at radius 2 is 2.26 bits per heavy atom. The number of ether oxygens (including phenoxy) is 1. The van der Waals surface area contributed by atoms with Gasteiger partial charge >= 0.3 is 5.97 Å². The summed E-state index contributed by atoms with van der Waals surface area (Å²) in [4.78, 5) is 11.4. The molecule has 1 aromatic carbocycles. The molecular formula is C13H15N3O2S. The highest BCUT2D eigenvalue weighted by molar-refractivity contribution is 8.01. The van der Waals surface area contributed by atoms with Crippen LogP contribution in [0.15, 0.2) is 35.4 Å². The highest BCUT2D eigenvalue weighted by Crippen LogP contribution is 2.38. The van der Waals surface area contributed by atoms with Crippen LogP contribution in [0.4, 0.5) is 5.69 Å². The first-order valence-electron chi connectivity index (χ1n) is 6.07. The van der Waals surface area contributed by atoms with E-state index in [0.717, 1.165) is 11.4 Å². The topological polar surface area (TPSA) is 53.9 Å². The first-order chi connectivity index (χ1) is 9.14. The summed E-state index contributed by atoms with van der Waals surface area (Å²) in [5.41, 5.74) is 1.38. The van der Waals surface area contributed by atoms with Gasteiger partial charge in [-0.15, -0.1) is 11.8 Å². The molecule has 6 heteroatoms. The summed E-state index contributed by atoms with van der Waals surface area (Å²) in [7, 11) is 1.38. The number of thioether (sulfide) groups is 1. The normalized spacial score (nSPS) is 29.1. The molecule has 1 fully saturated rings. The van der Waals surface area contributed by atoms with Crippen LogP contribution in [0.5, 0.6) is 0 Å². The number of hydrazone groups is 1. The lowest BCUT2D eigenvalue weighted by molar-refractivity contribution is -0.133. The standard InChI is InChI=1S/C13H15N3O2S/c1-13-11(12(17)18-2)15-16(10(14-13)8-19-13)9-6-4-3-5-7-9/h3-7,10,14H,8H2,1-2H3. The first kappa shape index (κ1) is 12.5. The molecule has 1 N–H and O–H groups in total. The molecule has 2 bridgehead atoms. The molecule has 0 saturated carbocycles. The fraction of sp³-hybridized carbons (Fsp3) is 0.385. The van der Waals surface area contributed by atoms with E-state index < -0.39 is 4.87 Å². The third-order valence-corrected chi connectivity index (χ3v) is 4.70. The molecule has 0 radical (unpaired) electrons. The van der Waals surface area contributed by atoms with Crippen LogP contribution in [0.25, 0.3) is 0 Å². The zero-order chi connectivity index (χ0) is 13.5. The average Bonchev–Trinajstić information content (AvgIpc) is 2.77. The number of anilines is 1. The number of benzene rings is 1. The van der Waals surface area contributed by atoms with Crippen molar-refractivity contribution in [2.45, 2.75) is 18.0 Å². The van der Waals surface area contributed by atoms with E-state index in [1.54, 1.807) is 11.8 Å².